The van der Waals surface area contributed by atoms with Crippen molar-refractivity contribution in [3.05, 3.63) is 28.6 Å². The van der Waals surface area contributed by atoms with Gasteiger partial charge in [0.15, 0.2) is 0 Å². The molecule has 1 aromatic heterocycles. The largest absolute Gasteiger partial charge is 0.143 e. The van der Waals surface area contributed by atoms with Gasteiger partial charge in [-0.2, -0.15) is 0 Å². The molecule has 0 atom stereocenters. The van der Waals surface area contributed by atoms with Crippen molar-refractivity contribution in [2.45, 2.75) is 23.6 Å². The first-order valence-corrected chi connectivity index (χ1v) is 6.93. The number of thiophene rings is 1. The average Bonchev–Trinajstić information content (AvgIpc) is 2.59. The van der Waals surface area contributed by atoms with Gasteiger partial charge in [0.1, 0.15) is 0 Å². The highest BCUT2D eigenvalue weighted by molar-refractivity contribution is 9.08. The highest BCUT2D eigenvalue weighted by Crippen LogP contribution is 2.32. The molecule has 3 heteroatoms. The molecule has 0 radical (unpaired) electrons. The van der Waals surface area contributed by atoms with Gasteiger partial charge in [0, 0.05) is 19.8 Å². The van der Waals surface area contributed by atoms with Gasteiger partial charge in [-0.15, -0.1) is 24.0 Å². The number of halogens is 1. The van der Waals surface area contributed by atoms with E-state index in [1.54, 1.807) is 0 Å². The van der Waals surface area contributed by atoms with Crippen molar-refractivity contribution in [2.75, 3.05) is 0 Å². The fourth-order valence-electron chi connectivity index (χ4n) is 1.53. The molecule has 0 amide bonds. The third-order valence-electron chi connectivity index (χ3n) is 2.25. The van der Waals surface area contributed by atoms with Crippen LogP contribution in [0.1, 0.15) is 17.4 Å². The van der Waals surface area contributed by atoms with E-state index >= 15 is 0 Å². The third-order valence-corrected chi connectivity index (χ3v) is 4.34. The molecule has 1 heterocycles. The minimum atomic E-state index is 0.901. The molecule has 14 heavy (non-hydrogen) atoms. The second kappa shape index (κ2) is 4.25. The molecule has 0 aliphatic carbocycles. The Morgan fingerprint density at radius 2 is 2.14 bits per heavy atom. The molecular formula is C11H11BrS2. The Balaban J connectivity index is 2.71. The standard InChI is InChI=1S/C11H11BrS2/c1-2-9-5-10-7(6-12)3-8(13)4-11(10)14-9/h3-5,13H,2,6H2,1H3. The Bertz CT molecular complexity index is 460. The van der Waals surface area contributed by atoms with Crippen LogP contribution in [0.15, 0.2) is 23.1 Å². The Kier molecular flexibility index (Phi) is 3.20. The molecule has 2 rings (SSSR count). The summed E-state index contributed by atoms with van der Waals surface area (Å²) >= 11 is 9.79. The number of alkyl halides is 1. The van der Waals surface area contributed by atoms with Gasteiger partial charge < -0.3 is 0 Å². The third kappa shape index (κ3) is 1.86. The number of thiol groups is 1. The monoisotopic (exact) mass is 286 g/mol. The summed E-state index contributed by atoms with van der Waals surface area (Å²) in [5.74, 6) is 0. The predicted octanol–water partition coefficient (Wildman–Crippen LogP) is 4.65. The lowest BCUT2D eigenvalue weighted by Crippen LogP contribution is -1.78. The Labute approximate surface area is 102 Å². The van der Waals surface area contributed by atoms with E-state index in [-0.39, 0.29) is 0 Å². The van der Waals surface area contributed by atoms with Gasteiger partial charge in [-0.1, -0.05) is 22.9 Å². The SMILES string of the molecule is CCc1cc2c(CBr)cc(S)cc2s1. The van der Waals surface area contributed by atoms with E-state index in [9.17, 15) is 0 Å². The number of rotatable bonds is 2. The van der Waals surface area contributed by atoms with Crippen LogP contribution in [-0.2, 0) is 11.8 Å². The number of fused-ring (bicyclic) bond motifs is 1. The van der Waals surface area contributed by atoms with E-state index in [2.05, 4.69) is 53.7 Å². The molecule has 0 N–H and O–H groups in total. The smallest absolute Gasteiger partial charge is 0.0359 e. The molecule has 1 aromatic carbocycles. The van der Waals surface area contributed by atoms with Gasteiger partial charge in [-0.3, -0.25) is 0 Å². The van der Waals surface area contributed by atoms with E-state index in [4.69, 9.17) is 0 Å². The van der Waals surface area contributed by atoms with E-state index in [0.717, 1.165) is 16.6 Å². The van der Waals surface area contributed by atoms with Gasteiger partial charge in [-0.25, -0.2) is 0 Å². The molecular weight excluding hydrogens is 276 g/mol. The van der Waals surface area contributed by atoms with Crippen molar-refractivity contribution in [3.63, 3.8) is 0 Å². The predicted molar refractivity (Wildman–Crippen MR) is 71.1 cm³/mol. The first-order chi connectivity index (χ1) is 6.74. The summed E-state index contributed by atoms with van der Waals surface area (Å²) in [6.07, 6.45) is 1.11. The second-order valence-electron chi connectivity index (χ2n) is 3.22. The molecule has 0 spiro atoms. The second-order valence-corrected chi connectivity index (χ2v) is 5.46. The lowest BCUT2D eigenvalue weighted by Gasteiger charge is -1.99. The number of hydrogen-bond acceptors (Lipinski definition) is 2. The first-order valence-electron chi connectivity index (χ1n) is 4.55. The topological polar surface area (TPSA) is 0 Å². The van der Waals surface area contributed by atoms with Crippen LogP contribution in [-0.4, -0.2) is 0 Å². The van der Waals surface area contributed by atoms with Crippen LogP contribution in [0.5, 0.6) is 0 Å². The Morgan fingerprint density at radius 3 is 2.79 bits per heavy atom. The summed E-state index contributed by atoms with van der Waals surface area (Å²) in [4.78, 5) is 2.50. The summed E-state index contributed by atoms with van der Waals surface area (Å²) in [5, 5.41) is 2.28. The molecule has 74 valence electrons. The van der Waals surface area contributed by atoms with Gasteiger partial charge in [-0.05, 0) is 35.6 Å². The van der Waals surface area contributed by atoms with Crippen molar-refractivity contribution in [1.29, 1.82) is 0 Å². The van der Waals surface area contributed by atoms with Crippen molar-refractivity contribution in [2.24, 2.45) is 0 Å². The lowest BCUT2D eigenvalue weighted by molar-refractivity contribution is 1.19. The van der Waals surface area contributed by atoms with Crippen LogP contribution >= 0.6 is 39.9 Å². The molecule has 0 nitrogen and oxygen atoms in total. The summed E-state index contributed by atoms with van der Waals surface area (Å²) in [6, 6.07) is 6.57. The molecule has 0 bridgehead atoms. The van der Waals surface area contributed by atoms with Crippen molar-refractivity contribution in [3.8, 4) is 0 Å². The van der Waals surface area contributed by atoms with Crippen LogP contribution in [0.25, 0.3) is 10.1 Å². The Morgan fingerprint density at radius 1 is 1.36 bits per heavy atom. The van der Waals surface area contributed by atoms with Crippen LogP contribution in [0.2, 0.25) is 0 Å². The maximum Gasteiger partial charge on any atom is 0.0359 e. The first kappa shape index (κ1) is 10.5. The highest BCUT2D eigenvalue weighted by atomic mass is 79.9. The van der Waals surface area contributed by atoms with Gasteiger partial charge in [0.2, 0.25) is 0 Å². The van der Waals surface area contributed by atoms with Crippen LogP contribution < -0.4 is 0 Å². The zero-order valence-corrected chi connectivity index (χ0v) is 11.2. The maximum atomic E-state index is 4.41. The van der Waals surface area contributed by atoms with Gasteiger partial charge in [0.05, 0.1) is 0 Å². The fraction of sp³-hybridized carbons (Fsp3) is 0.273. The van der Waals surface area contributed by atoms with E-state index < -0.39 is 0 Å². The number of aryl methyl sites for hydroxylation is 1. The molecule has 0 saturated heterocycles. The lowest BCUT2D eigenvalue weighted by atomic mass is 10.1. The van der Waals surface area contributed by atoms with Crippen molar-refractivity contribution < 1.29 is 0 Å². The van der Waals surface area contributed by atoms with Crippen LogP contribution in [0.3, 0.4) is 0 Å². The summed E-state index contributed by atoms with van der Waals surface area (Å²) in [5.41, 5.74) is 1.34. The molecule has 0 aliphatic rings. The molecule has 0 unspecified atom stereocenters. The fourth-order valence-corrected chi connectivity index (χ4v) is 3.46. The minimum Gasteiger partial charge on any atom is -0.143 e. The number of hydrogen-bond donors (Lipinski definition) is 1. The Hall–Kier alpha value is 0.01000. The zero-order chi connectivity index (χ0) is 10.1. The summed E-state index contributed by atoms with van der Waals surface area (Å²) in [7, 11) is 0. The van der Waals surface area contributed by atoms with Crippen molar-refractivity contribution in [1.82, 2.24) is 0 Å². The molecule has 2 aromatic rings. The average molecular weight is 287 g/mol. The maximum absolute atomic E-state index is 4.41. The van der Waals surface area contributed by atoms with Crippen LogP contribution in [0, 0.1) is 0 Å². The number of benzene rings is 1. The van der Waals surface area contributed by atoms with E-state index in [0.29, 0.717) is 0 Å². The highest BCUT2D eigenvalue weighted by Gasteiger charge is 2.05. The van der Waals surface area contributed by atoms with Gasteiger partial charge in [0.25, 0.3) is 0 Å². The molecule has 0 saturated carbocycles. The normalized spacial score (nSPS) is 11.1. The minimum absolute atomic E-state index is 0.901. The summed E-state index contributed by atoms with van der Waals surface area (Å²) < 4.78 is 1.35. The quantitative estimate of drug-likeness (QED) is 0.603. The molecule has 0 aliphatic heterocycles. The van der Waals surface area contributed by atoms with Crippen LogP contribution in [0.4, 0.5) is 0 Å². The zero-order valence-electron chi connectivity index (χ0n) is 7.88. The van der Waals surface area contributed by atoms with E-state index in [1.807, 2.05) is 11.3 Å². The van der Waals surface area contributed by atoms with Gasteiger partial charge >= 0.3 is 0 Å². The van der Waals surface area contributed by atoms with E-state index in [1.165, 1.54) is 20.5 Å². The molecule has 0 fully saturated rings. The summed E-state index contributed by atoms with van der Waals surface area (Å²) in [6.45, 7) is 2.19. The van der Waals surface area contributed by atoms with Crippen molar-refractivity contribution >= 4 is 50.0 Å².